The Kier molecular flexibility index (Phi) is 5.27. The summed E-state index contributed by atoms with van der Waals surface area (Å²) in [6.45, 7) is 3.67. The Bertz CT molecular complexity index is 995. The van der Waals surface area contributed by atoms with E-state index in [1.807, 2.05) is 6.92 Å². The predicted molar refractivity (Wildman–Crippen MR) is 106 cm³/mol. The highest BCUT2D eigenvalue weighted by Gasteiger charge is 2.46. The van der Waals surface area contributed by atoms with Crippen LogP contribution in [0.25, 0.3) is 0 Å². The monoisotopic (exact) mass is 414 g/mol. The van der Waals surface area contributed by atoms with Gasteiger partial charge in [-0.2, -0.15) is 0 Å². The van der Waals surface area contributed by atoms with Gasteiger partial charge in [-0.05, 0) is 32.3 Å². The van der Waals surface area contributed by atoms with Crippen molar-refractivity contribution in [1.82, 2.24) is 0 Å². The molecule has 1 aromatic carbocycles. The van der Waals surface area contributed by atoms with E-state index in [4.69, 9.17) is 14.2 Å². The third-order valence-corrected chi connectivity index (χ3v) is 5.67. The Balaban J connectivity index is 1.97. The molecule has 0 aromatic heterocycles. The number of esters is 1. The van der Waals surface area contributed by atoms with Gasteiger partial charge in [-0.25, -0.2) is 0 Å². The van der Waals surface area contributed by atoms with Crippen molar-refractivity contribution in [3.8, 4) is 11.5 Å². The van der Waals surface area contributed by atoms with Crippen LogP contribution < -0.4 is 9.47 Å². The highest BCUT2D eigenvalue weighted by molar-refractivity contribution is 6.09. The number of fused-ring (bicyclic) bond motifs is 1. The number of carbonyl (C=O) groups excluding carboxylic acids is 2. The number of ether oxygens (including phenoxy) is 3. The lowest BCUT2D eigenvalue weighted by molar-refractivity contribution is -0.385. The van der Waals surface area contributed by atoms with Crippen LogP contribution in [0, 0.1) is 16.0 Å². The van der Waals surface area contributed by atoms with Gasteiger partial charge in [0.1, 0.15) is 5.92 Å². The zero-order valence-electron chi connectivity index (χ0n) is 16.8. The standard InChI is InChI=1S/C21H22N2O7/c1-3-12-20(21(25)28-4-2)18(19-13(22-12)6-5-7-15(19)24)11-8-16-17(30-10-29-16)9-14(11)23(26)27/h8-9,18,20H,3-7,10H2,1-2H3/t18-,20?/m0/s1. The first kappa shape index (κ1) is 20.1. The van der Waals surface area contributed by atoms with Gasteiger partial charge in [-0.15, -0.1) is 0 Å². The first-order chi connectivity index (χ1) is 14.5. The van der Waals surface area contributed by atoms with Crippen LogP contribution in [0.1, 0.15) is 51.0 Å². The molecule has 0 bridgehead atoms. The second-order valence-electron chi connectivity index (χ2n) is 7.32. The summed E-state index contributed by atoms with van der Waals surface area (Å²) < 4.78 is 16.0. The van der Waals surface area contributed by atoms with Crippen molar-refractivity contribution < 1.29 is 28.7 Å². The number of hydrogen-bond acceptors (Lipinski definition) is 8. The Labute approximate surface area is 172 Å². The molecule has 0 fully saturated rings. The fourth-order valence-corrected chi connectivity index (χ4v) is 4.41. The quantitative estimate of drug-likeness (QED) is 0.411. The maximum atomic E-state index is 13.0. The number of aliphatic imine (C=N–C) groups is 1. The number of hydrogen-bond donors (Lipinski definition) is 0. The molecule has 158 valence electrons. The van der Waals surface area contributed by atoms with Crippen LogP contribution >= 0.6 is 0 Å². The summed E-state index contributed by atoms with van der Waals surface area (Å²) in [6, 6.07) is 2.81. The van der Waals surface area contributed by atoms with Crippen molar-refractivity contribution in [2.24, 2.45) is 10.9 Å². The molecule has 4 rings (SSSR count). The zero-order valence-corrected chi connectivity index (χ0v) is 16.8. The molecule has 0 saturated heterocycles. The van der Waals surface area contributed by atoms with Gasteiger partial charge in [-0.1, -0.05) is 6.92 Å². The Hall–Kier alpha value is -3.23. The minimum atomic E-state index is -0.908. The Morgan fingerprint density at radius 1 is 1.27 bits per heavy atom. The first-order valence-electron chi connectivity index (χ1n) is 10.0. The van der Waals surface area contributed by atoms with E-state index in [0.29, 0.717) is 48.4 Å². The molecule has 0 radical (unpaired) electrons. The van der Waals surface area contributed by atoms with Crippen LogP contribution in [0.4, 0.5) is 5.69 Å². The maximum absolute atomic E-state index is 13.0. The molecule has 30 heavy (non-hydrogen) atoms. The van der Waals surface area contributed by atoms with E-state index in [9.17, 15) is 19.7 Å². The summed E-state index contributed by atoms with van der Waals surface area (Å²) in [5.41, 5.74) is 1.57. The van der Waals surface area contributed by atoms with Crippen LogP contribution in [-0.2, 0) is 14.3 Å². The molecule has 2 atom stereocenters. The second kappa shape index (κ2) is 7.89. The van der Waals surface area contributed by atoms with E-state index in [2.05, 4.69) is 4.99 Å². The SMILES string of the molecule is CCOC(=O)C1C(CC)=NC2=C(C(=O)CCC2)[C@@H]1c1cc2c(cc1[N+](=O)[O-])OCO2. The van der Waals surface area contributed by atoms with Crippen LogP contribution in [-0.4, -0.2) is 35.8 Å². The third kappa shape index (κ3) is 3.24. The summed E-state index contributed by atoms with van der Waals surface area (Å²) >= 11 is 0. The lowest BCUT2D eigenvalue weighted by atomic mass is 9.70. The average molecular weight is 414 g/mol. The number of nitrogens with zero attached hydrogens (tertiary/aromatic N) is 2. The second-order valence-corrected chi connectivity index (χ2v) is 7.32. The Morgan fingerprint density at radius 3 is 2.67 bits per heavy atom. The number of ketones is 1. The van der Waals surface area contributed by atoms with Gasteiger partial charge in [0.15, 0.2) is 17.3 Å². The summed E-state index contributed by atoms with van der Waals surface area (Å²) in [5.74, 6) is -1.82. The smallest absolute Gasteiger partial charge is 0.315 e. The van der Waals surface area contributed by atoms with Crippen LogP contribution in [0.15, 0.2) is 28.4 Å². The lowest BCUT2D eigenvalue weighted by Crippen LogP contribution is -2.38. The van der Waals surface area contributed by atoms with Crippen molar-refractivity contribution in [3.05, 3.63) is 39.1 Å². The molecule has 1 aromatic rings. The molecule has 2 aliphatic heterocycles. The van der Waals surface area contributed by atoms with E-state index in [0.717, 1.165) is 0 Å². The highest BCUT2D eigenvalue weighted by atomic mass is 16.7. The molecule has 0 spiro atoms. The molecule has 9 nitrogen and oxygen atoms in total. The van der Waals surface area contributed by atoms with Crippen molar-refractivity contribution in [1.29, 1.82) is 0 Å². The minimum absolute atomic E-state index is 0.0452. The predicted octanol–water partition coefficient (Wildman–Crippen LogP) is 3.46. The summed E-state index contributed by atoms with van der Waals surface area (Å²) in [4.78, 5) is 42.0. The first-order valence-corrected chi connectivity index (χ1v) is 10.0. The maximum Gasteiger partial charge on any atom is 0.315 e. The molecule has 9 heteroatoms. The van der Waals surface area contributed by atoms with Gasteiger partial charge in [-0.3, -0.25) is 24.7 Å². The summed E-state index contributed by atoms with van der Waals surface area (Å²) in [5, 5.41) is 11.9. The van der Waals surface area contributed by atoms with E-state index < -0.39 is 22.7 Å². The summed E-state index contributed by atoms with van der Waals surface area (Å²) in [7, 11) is 0. The van der Waals surface area contributed by atoms with E-state index in [1.165, 1.54) is 12.1 Å². The van der Waals surface area contributed by atoms with Crippen molar-refractivity contribution >= 4 is 23.2 Å². The number of allylic oxidation sites excluding steroid dienone is 2. The molecule has 2 heterocycles. The normalized spacial score (nSPS) is 22.5. The number of Topliss-reactive ketones (excluding diaryl/α,β-unsaturated/α-hetero) is 1. The minimum Gasteiger partial charge on any atom is -0.465 e. The average Bonchev–Trinajstić information content (AvgIpc) is 3.19. The molecule has 3 aliphatic rings. The largest absolute Gasteiger partial charge is 0.465 e. The summed E-state index contributed by atoms with van der Waals surface area (Å²) in [6.07, 6.45) is 2.04. The molecule has 0 saturated carbocycles. The molecule has 0 amide bonds. The third-order valence-electron chi connectivity index (χ3n) is 5.67. The van der Waals surface area contributed by atoms with Crippen molar-refractivity contribution in [2.75, 3.05) is 13.4 Å². The van der Waals surface area contributed by atoms with Gasteiger partial charge in [0.25, 0.3) is 5.69 Å². The van der Waals surface area contributed by atoms with Gasteiger partial charge in [0, 0.05) is 34.9 Å². The molecular weight excluding hydrogens is 392 g/mol. The van der Waals surface area contributed by atoms with E-state index in [-0.39, 0.29) is 36.2 Å². The molecule has 1 aliphatic carbocycles. The zero-order chi connectivity index (χ0) is 21.4. The fourth-order valence-electron chi connectivity index (χ4n) is 4.41. The van der Waals surface area contributed by atoms with Gasteiger partial charge in [0.05, 0.1) is 17.6 Å². The van der Waals surface area contributed by atoms with Crippen molar-refractivity contribution in [2.45, 2.75) is 45.4 Å². The Morgan fingerprint density at radius 2 is 2.00 bits per heavy atom. The van der Waals surface area contributed by atoms with Gasteiger partial charge >= 0.3 is 5.97 Å². The number of carbonyl (C=O) groups is 2. The van der Waals surface area contributed by atoms with Crippen molar-refractivity contribution in [3.63, 3.8) is 0 Å². The topological polar surface area (TPSA) is 117 Å². The van der Waals surface area contributed by atoms with Crippen LogP contribution in [0.2, 0.25) is 0 Å². The van der Waals surface area contributed by atoms with E-state index in [1.54, 1.807) is 6.92 Å². The van der Waals surface area contributed by atoms with Gasteiger partial charge in [0.2, 0.25) is 6.79 Å². The number of nitro groups is 1. The number of nitro benzene ring substituents is 1. The lowest BCUT2D eigenvalue weighted by Gasteiger charge is -2.34. The molecule has 1 unspecified atom stereocenters. The van der Waals surface area contributed by atoms with Crippen LogP contribution in [0.3, 0.4) is 0 Å². The van der Waals surface area contributed by atoms with E-state index >= 15 is 0 Å². The molecular formula is C21H22N2O7. The number of rotatable bonds is 5. The highest BCUT2D eigenvalue weighted by Crippen LogP contribution is 2.49. The van der Waals surface area contributed by atoms with Crippen LogP contribution in [0.5, 0.6) is 11.5 Å². The molecule has 0 N–H and O–H groups in total. The van der Waals surface area contributed by atoms with Gasteiger partial charge < -0.3 is 14.2 Å². The fraction of sp³-hybridized carbons (Fsp3) is 0.476. The number of benzene rings is 1.